The Morgan fingerprint density at radius 2 is 2.00 bits per heavy atom. The van der Waals surface area contributed by atoms with Gasteiger partial charge in [0, 0.05) is 11.0 Å². The lowest BCUT2D eigenvalue weighted by atomic mass is 10.1. The predicted octanol–water partition coefficient (Wildman–Crippen LogP) is 3.16. The van der Waals surface area contributed by atoms with Crippen LogP contribution < -0.4 is 5.32 Å². The summed E-state index contributed by atoms with van der Waals surface area (Å²) >= 11 is 3.17. The maximum Gasteiger partial charge on any atom is 0.254 e. The van der Waals surface area contributed by atoms with Crippen LogP contribution in [0, 0.1) is 5.82 Å². The van der Waals surface area contributed by atoms with Crippen molar-refractivity contribution in [2.45, 2.75) is 13.1 Å². The quantitative estimate of drug-likeness (QED) is 0.730. The molecule has 3 rings (SSSR count). The first-order chi connectivity index (χ1) is 11.6. The van der Waals surface area contributed by atoms with Crippen LogP contribution in [0.25, 0.3) is 0 Å². The van der Waals surface area contributed by atoms with Crippen LogP contribution in [0.4, 0.5) is 4.39 Å². The monoisotopic (exact) mass is 388 g/mol. The van der Waals surface area contributed by atoms with E-state index in [1.54, 1.807) is 17.1 Å². The zero-order chi connectivity index (χ0) is 16.9. The molecule has 5 nitrogen and oxygen atoms in total. The SMILES string of the molecule is O=C(NCc1ccccc1Cn1cncn1)c1ccc(Br)cc1F. The average Bonchev–Trinajstić information content (AvgIpc) is 3.07. The number of nitrogens with one attached hydrogen (secondary N) is 1. The van der Waals surface area contributed by atoms with Crippen molar-refractivity contribution in [3.63, 3.8) is 0 Å². The Kier molecular flexibility index (Phi) is 5.00. The molecule has 0 unspecified atom stereocenters. The number of carbonyl (C=O) groups excluding carboxylic acids is 1. The number of rotatable bonds is 5. The van der Waals surface area contributed by atoms with Gasteiger partial charge in [0.2, 0.25) is 0 Å². The fourth-order valence-corrected chi connectivity index (χ4v) is 2.65. The number of hydrogen-bond donors (Lipinski definition) is 1. The molecule has 0 radical (unpaired) electrons. The molecule has 1 N–H and O–H groups in total. The Labute approximate surface area is 146 Å². The first kappa shape index (κ1) is 16.3. The molecule has 122 valence electrons. The Hall–Kier alpha value is -2.54. The largest absolute Gasteiger partial charge is 0.348 e. The van der Waals surface area contributed by atoms with Gasteiger partial charge in [-0.25, -0.2) is 14.1 Å². The van der Waals surface area contributed by atoms with Crippen molar-refractivity contribution in [3.05, 3.63) is 82.1 Å². The highest BCUT2D eigenvalue weighted by Gasteiger charge is 2.12. The summed E-state index contributed by atoms with van der Waals surface area (Å²) in [4.78, 5) is 16.1. The van der Waals surface area contributed by atoms with E-state index in [1.165, 1.54) is 18.5 Å². The number of amides is 1. The smallest absolute Gasteiger partial charge is 0.254 e. The molecule has 0 aliphatic carbocycles. The summed E-state index contributed by atoms with van der Waals surface area (Å²) in [7, 11) is 0. The highest BCUT2D eigenvalue weighted by molar-refractivity contribution is 9.10. The lowest BCUT2D eigenvalue weighted by Gasteiger charge is -2.11. The fraction of sp³-hybridized carbons (Fsp3) is 0.118. The summed E-state index contributed by atoms with van der Waals surface area (Å²) in [5.74, 6) is -1.01. The molecular weight excluding hydrogens is 375 g/mol. The van der Waals surface area contributed by atoms with E-state index in [4.69, 9.17) is 0 Å². The molecule has 3 aromatic rings. The van der Waals surface area contributed by atoms with Gasteiger partial charge in [-0.2, -0.15) is 5.10 Å². The molecule has 1 heterocycles. The van der Waals surface area contributed by atoms with Gasteiger partial charge in [0.25, 0.3) is 5.91 Å². The van der Waals surface area contributed by atoms with Crippen LogP contribution in [0.2, 0.25) is 0 Å². The second-order valence-corrected chi connectivity index (χ2v) is 6.08. The van der Waals surface area contributed by atoms with Gasteiger partial charge in [-0.15, -0.1) is 0 Å². The van der Waals surface area contributed by atoms with Crippen molar-refractivity contribution in [2.24, 2.45) is 0 Å². The molecule has 0 bridgehead atoms. The first-order valence-corrected chi connectivity index (χ1v) is 8.05. The van der Waals surface area contributed by atoms with E-state index in [-0.39, 0.29) is 5.56 Å². The Morgan fingerprint density at radius 3 is 2.71 bits per heavy atom. The van der Waals surface area contributed by atoms with Crippen LogP contribution in [0.5, 0.6) is 0 Å². The van der Waals surface area contributed by atoms with Gasteiger partial charge in [-0.3, -0.25) is 4.79 Å². The van der Waals surface area contributed by atoms with Gasteiger partial charge in [-0.1, -0.05) is 40.2 Å². The molecule has 0 atom stereocenters. The van der Waals surface area contributed by atoms with Crippen molar-refractivity contribution >= 4 is 21.8 Å². The van der Waals surface area contributed by atoms with Gasteiger partial charge in [0.1, 0.15) is 18.5 Å². The van der Waals surface area contributed by atoms with Gasteiger partial charge < -0.3 is 5.32 Å². The van der Waals surface area contributed by atoms with Crippen molar-refractivity contribution in [1.29, 1.82) is 0 Å². The lowest BCUT2D eigenvalue weighted by molar-refractivity contribution is 0.0947. The molecule has 0 saturated carbocycles. The van der Waals surface area contributed by atoms with Crippen LogP contribution in [-0.4, -0.2) is 20.7 Å². The molecule has 0 aliphatic heterocycles. The second kappa shape index (κ2) is 7.35. The average molecular weight is 389 g/mol. The van der Waals surface area contributed by atoms with E-state index in [0.717, 1.165) is 11.1 Å². The predicted molar refractivity (Wildman–Crippen MR) is 90.8 cm³/mol. The van der Waals surface area contributed by atoms with Gasteiger partial charge in [-0.05, 0) is 29.3 Å². The number of hydrogen-bond acceptors (Lipinski definition) is 3. The van der Waals surface area contributed by atoms with E-state index in [9.17, 15) is 9.18 Å². The molecular formula is C17H14BrFN4O. The minimum Gasteiger partial charge on any atom is -0.348 e. The summed E-state index contributed by atoms with van der Waals surface area (Å²) in [6.07, 6.45) is 3.10. The summed E-state index contributed by atoms with van der Waals surface area (Å²) in [6, 6.07) is 12.1. The van der Waals surface area contributed by atoms with Gasteiger partial charge in [0.05, 0.1) is 12.1 Å². The van der Waals surface area contributed by atoms with Crippen LogP contribution in [-0.2, 0) is 13.1 Å². The van der Waals surface area contributed by atoms with E-state index >= 15 is 0 Å². The topological polar surface area (TPSA) is 59.8 Å². The van der Waals surface area contributed by atoms with Gasteiger partial charge >= 0.3 is 0 Å². The minimum absolute atomic E-state index is 0.0203. The number of halogens is 2. The van der Waals surface area contributed by atoms with Crippen LogP contribution in [0.1, 0.15) is 21.5 Å². The van der Waals surface area contributed by atoms with Crippen LogP contribution >= 0.6 is 15.9 Å². The van der Waals surface area contributed by atoms with E-state index < -0.39 is 11.7 Å². The number of aromatic nitrogens is 3. The second-order valence-electron chi connectivity index (χ2n) is 5.17. The summed E-state index contributed by atoms with van der Waals surface area (Å²) in [6.45, 7) is 0.859. The summed E-state index contributed by atoms with van der Waals surface area (Å²) in [5.41, 5.74) is 1.98. The third-order valence-electron chi connectivity index (χ3n) is 3.53. The lowest BCUT2D eigenvalue weighted by Crippen LogP contribution is -2.24. The van der Waals surface area contributed by atoms with Crippen LogP contribution in [0.3, 0.4) is 0 Å². The van der Waals surface area contributed by atoms with Crippen molar-refractivity contribution in [3.8, 4) is 0 Å². The maximum absolute atomic E-state index is 13.8. The normalized spacial score (nSPS) is 10.6. The third-order valence-corrected chi connectivity index (χ3v) is 4.03. The highest BCUT2D eigenvalue weighted by Crippen LogP contribution is 2.16. The minimum atomic E-state index is -0.558. The maximum atomic E-state index is 13.8. The molecule has 24 heavy (non-hydrogen) atoms. The Morgan fingerprint density at radius 1 is 1.21 bits per heavy atom. The van der Waals surface area contributed by atoms with Crippen molar-refractivity contribution < 1.29 is 9.18 Å². The van der Waals surface area contributed by atoms with Crippen LogP contribution in [0.15, 0.2) is 59.6 Å². The molecule has 1 amide bonds. The molecule has 0 fully saturated rings. The number of benzene rings is 2. The molecule has 0 aliphatic rings. The van der Waals surface area contributed by atoms with Gasteiger partial charge in [0.15, 0.2) is 0 Å². The van der Waals surface area contributed by atoms with Crippen molar-refractivity contribution in [2.75, 3.05) is 0 Å². The highest BCUT2D eigenvalue weighted by atomic mass is 79.9. The Bertz CT molecular complexity index is 852. The summed E-state index contributed by atoms with van der Waals surface area (Å²) < 4.78 is 16.1. The van der Waals surface area contributed by atoms with E-state index in [2.05, 4.69) is 31.3 Å². The molecule has 7 heteroatoms. The third kappa shape index (κ3) is 3.86. The molecule has 2 aromatic carbocycles. The molecule has 0 spiro atoms. The summed E-state index contributed by atoms with van der Waals surface area (Å²) in [5, 5.41) is 6.84. The fourth-order valence-electron chi connectivity index (χ4n) is 2.32. The number of carbonyl (C=O) groups is 1. The standard InChI is InChI=1S/C17H14BrFN4O/c18-14-5-6-15(16(19)7-14)17(24)21-8-12-3-1-2-4-13(12)9-23-11-20-10-22-23/h1-7,10-11H,8-9H2,(H,21,24). The zero-order valence-corrected chi connectivity index (χ0v) is 14.2. The van der Waals surface area contributed by atoms with E-state index in [1.807, 2.05) is 24.3 Å². The molecule has 0 saturated heterocycles. The van der Waals surface area contributed by atoms with Crippen molar-refractivity contribution in [1.82, 2.24) is 20.1 Å². The van der Waals surface area contributed by atoms with E-state index in [0.29, 0.717) is 17.6 Å². The first-order valence-electron chi connectivity index (χ1n) is 7.26. The Balaban J connectivity index is 1.71. The molecule has 1 aromatic heterocycles. The zero-order valence-electron chi connectivity index (χ0n) is 12.6. The number of nitrogens with zero attached hydrogens (tertiary/aromatic N) is 3.